The average Bonchev–Trinajstić information content (AvgIpc) is 2.91. The summed E-state index contributed by atoms with van der Waals surface area (Å²) in [4.78, 5) is 15.4. The van der Waals surface area contributed by atoms with Crippen LogP contribution in [0.15, 0.2) is 48.5 Å². The van der Waals surface area contributed by atoms with Crippen LogP contribution in [0.2, 0.25) is 0 Å². The van der Waals surface area contributed by atoms with E-state index in [-0.39, 0.29) is 5.91 Å². The van der Waals surface area contributed by atoms with Crippen LogP contribution in [0.3, 0.4) is 0 Å². The van der Waals surface area contributed by atoms with Crippen LogP contribution >= 0.6 is 0 Å². The summed E-state index contributed by atoms with van der Waals surface area (Å²) in [6, 6.07) is 15.2. The molecule has 3 rings (SSSR count). The summed E-state index contributed by atoms with van der Waals surface area (Å²) in [6.07, 6.45) is 0. The SMILES string of the molecule is COc1ccc(NC(=O)c2cc3cc(C)ccc3[nH]2)cc1. The van der Waals surface area contributed by atoms with Crippen LogP contribution in [0, 0.1) is 6.92 Å². The van der Waals surface area contributed by atoms with E-state index in [2.05, 4.69) is 16.4 Å². The fourth-order valence-corrected chi connectivity index (χ4v) is 2.25. The van der Waals surface area contributed by atoms with Crippen molar-refractivity contribution in [2.24, 2.45) is 0 Å². The van der Waals surface area contributed by atoms with Gasteiger partial charge >= 0.3 is 0 Å². The van der Waals surface area contributed by atoms with Crippen molar-refractivity contribution in [3.8, 4) is 5.75 Å². The van der Waals surface area contributed by atoms with Crippen LogP contribution in [0.5, 0.6) is 5.75 Å². The lowest BCUT2D eigenvalue weighted by molar-refractivity contribution is 0.102. The molecular weight excluding hydrogens is 264 g/mol. The van der Waals surface area contributed by atoms with Gasteiger partial charge in [0.05, 0.1) is 7.11 Å². The number of carbonyl (C=O) groups excluding carboxylic acids is 1. The number of hydrogen-bond acceptors (Lipinski definition) is 2. The summed E-state index contributed by atoms with van der Waals surface area (Å²) in [7, 11) is 1.61. The number of aromatic amines is 1. The second kappa shape index (κ2) is 5.32. The fourth-order valence-electron chi connectivity index (χ4n) is 2.25. The second-order valence-corrected chi connectivity index (χ2v) is 4.96. The molecule has 0 spiro atoms. The van der Waals surface area contributed by atoms with Crippen molar-refractivity contribution in [2.75, 3.05) is 12.4 Å². The number of aryl methyl sites for hydroxylation is 1. The molecule has 1 heterocycles. The minimum absolute atomic E-state index is 0.158. The summed E-state index contributed by atoms with van der Waals surface area (Å²) < 4.78 is 5.09. The monoisotopic (exact) mass is 280 g/mol. The second-order valence-electron chi connectivity index (χ2n) is 4.96. The van der Waals surface area contributed by atoms with E-state index in [0.717, 1.165) is 22.3 Å². The lowest BCUT2D eigenvalue weighted by Crippen LogP contribution is -2.12. The summed E-state index contributed by atoms with van der Waals surface area (Å²) in [5, 5.41) is 3.90. The highest BCUT2D eigenvalue weighted by molar-refractivity contribution is 6.05. The van der Waals surface area contributed by atoms with Gasteiger partial charge in [-0.1, -0.05) is 11.6 Å². The fraction of sp³-hybridized carbons (Fsp3) is 0.118. The van der Waals surface area contributed by atoms with Gasteiger partial charge in [-0.25, -0.2) is 0 Å². The Morgan fingerprint density at radius 1 is 1.10 bits per heavy atom. The summed E-state index contributed by atoms with van der Waals surface area (Å²) in [6.45, 7) is 2.03. The Kier molecular flexibility index (Phi) is 3.36. The molecule has 0 aliphatic carbocycles. The Hall–Kier alpha value is -2.75. The Bertz CT molecular complexity index is 788. The van der Waals surface area contributed by atoms with Gasteiger partial charge in [-0.3, -0.25) is 4.79 Å². The van der Waals surface area contributed by atoms with Crippen molar-refractivity contribution in [2.45, 2.75) is 6.92 Å². The Morgan fingerprint density at radius 2 is 1.86 bits per heavy atom. The molecule has 0 radical (unpaired) electrons. The summed E-state index contributed by atoms with van der Waals surface area (Å²) in [5.41, 5.74) is 3.41. The molecule has 0 fully saturated rings. The van der Waals surface area contributed by atoms with Crippen LogP contribution < -0.4 is 10.1 Å². The smallest absolute Gasteiger partial charge is 0.272 e. The Balaban J connectivity index is 1.82. The number of rotatable bonds is 3. The number of hydrogen-bond donors (Lipinski definition) is 2. The van der Waals surface area contributed by atoms with Gasteiger partial charge in [0.1, 0.15) is 11.4 Å². The molecule has 1 aromatic heterocycles. The van der Waals surface area contributed by atoms with E-state index in [9.17, 15) is 4.79 Å². The maximum atomic E-state index is 12.2. The van der Waals surface area contributed by atoms with Gasteiger partial charge in [0.25, 0.3) is 5.91 Å². The number of anilines is 1. The molecule has 4 nitrogen and oxygen atoms in total. The number of amides is 1. The van der Waals surface area contributed by atoms with Crippen molar-refractivity contribution in [1.29, 1.82) is 0 Å². The number of carbonyl (C=O) groups is 1. The molecule has 0 aliphatic heterocycles. The number of ether oxygens (including phenoxy) is 1. The molecule has 2 aromatic carbocycles. The molecule has 4 heteroatoms. The lowest BCUT2D eigenvalue weighted by atomic mass is 10.2. The first kappa shape index (κ1) is 13.2. The van der Waals surface area contributed by atoms with Crippen LogP contribution in [-0.2, 0) is 0 Å². The zero-order valence-electron chi connectivity index (χ0n) is 11.9. The van der Waals surface area contributed by atoms with Gasteiger partial charge in [0.15, 0.2) is 0 Å². The predicted molar refractivity (Wildman–Crippen MR) is 84.0 cm³/mol. The molecule has 106 valence electrons. The van der Waals surface area contributed by atoms with Gasteiger partial charge < -0.3 is 15.0 Å². The number of aromatic nitrogens is 1. The normalized spacial score (nSPS) is 10.6. The van der Waals surface area contributed by atoms with Crippen molar-refractivity contribution < 1.29 is 9.53 Å². The summed E-state index contributed by atoms with van der Waals surface area (Å²) in [5.74, 6) is 0.600. The molecule has 0 atom stereocenters. The zero-order valence-corrected chi connectivity index (χ0v) is 11.9. The number of fused-ring (bicyclic) bond motifs is 1. The molecule has 21 heavy (non-hydrogen) atoms. The van der Waals surface area contributed by atoms with Gasteiger partial charge in [-0.2, -0.15) is 0 Å². The molecular formula is C17H16N2O2. The largest absolute Gasteiger partial charge is 0.497 e. The first-order valence-electron chi connectivity index (χ1n) is 6.70. The first-order valence-corrected chi connectivity index (χ1v) is 6.70. The number of benzene rings is 2. The average molecular weight is 280 g/mol. The Labute approximate surface area is 122 Å². The zero-order chi connectivity index (χ0) is 14.8. The molecule has 0 aliphatic rings. The van der Waals surface area contributed by atoms with Crippen LogP contribution in [0.4, 0.5) is 5.69 Å². The topological polar surface area (TPSA) is 54.1 Å². The van der Waals surface area contributed by atoms with Crippen molar-refractivity contribution in [3.63, 3.8) is 0 Å². The van der Waals surface area contributed by atoms with E-state index < -0.39 is 0 Å². The van der Waals surface area contributed by atoms with Crippen LogP contribution in [-0.4, -0.2) is 18.0 Å². The minimum atomic E-state index is -0.158. The minimum Gasteiger partial charge on any atom is -0.497 e. The molecule has 3 aromatic rings. The van der Waals surface area contributed by atoms with Crippen LogP contribution in [0.25, 0.3) is 10.9 Å². The predicted octanol–water partition coefficient (Wildman–Crippen LogP) is 3.74. The molecule has 1 amide bonds. The third kappa shape index (κ3) is 2.74. The van der Waals surface area contributed by atoms with Gasteiger partial charge in [-0.15, -0.1) is 0 Å². The molecule has 0 unspecified atom stereocenters. The molecule has 0 saturated carbocycles. The third-order valence-electron chi connectivity index (χ3n) is 3.37. The van der Waals surface area contributed by atoms with Crippen LogP contribution in [0.1, 0.15) is 16.1 Å². The number of nitrogens with one attached hydrogen (secondary N) is 2. The van der Waals surface area contributed by atoms with E-state index in [4.69, 9.17) is 4.74 Å². The molecule has 0 saturated heterocycles. The summed E-state index contributed by atoms with van der Waals surface area (Å²) >= 11 is 0. The van der Waals surface area contributed by atoms with E-state index >= 15 is 0 Å². The lowest BCUT2D eigenvalue weighted by Gasteiger charge is -2.04. The van der Waals surface area contributed by atoms with Gasteiger partial charge in [-0.05, 0) is 49.4 Å². The third-order valence-corrected chi connectivity index (χ3v) is 3.37. The number of H-pyrrole nitrogens is 1. The maximum absolute atomic E-state index is 12.2. The van der Waals surface area contributed by atoms with E-state index in [1.54, 1.807) is 7.11 Å². The number of methoxy groups -OCH3 is 1. The van der Waals surface area contributed by atoms with Gasteiger partial charge in [0.2, 0.25) is 0 Å². The quantitative estimate of drug-likeness (QED) is 0.768. The van der Waals surface area contributed by atoms with E-state index in [1.165, 1.54) is 5.56 Å². The Morgan fingerprint density at radius 3 is 2.57 bits per heavy atom. The highest BCUT2D eigenvalue weighted by atomic mass is 16.5. The van der Waals surface area contributed by atoms with Crippen molar-refractivity contribution >= 4 is 22.5 Å². The maximum Gasteiger partial charge on any atom is 0.272 e. The molecule has 0 bridgehead atoms. The highest BCUT2D eigenvalue weighted by Crippen LogP contribution is 2.19. The van der Waals surface area contributed by atoms with Gasteiger partial charge in [0, 0.05) is 16.6 Å². The highest BCUT2D eigenvalue weighted by Gasteiger charge is 2.10. The van der Waals surface area contributed by atoms with Crippen molar-refractivity contribution in [1.82, 2.24) is 4.98 Å². The van der Waals surface area contributed by atoms with E-state index in [1.807, 2.05) is 49.4 Å². The standard InChI is InChI=1S/C17H16N2O2/c1-11-3-8-15-12(9-11)10-16(19-15)17(20)18-13-4-6-14(21-2)7-5-13/h3-10,19H,1-2H3,(H,18,20). The van der Waals surface area contributed by atoms with E-state index in [0.29, 0.717) is 5.69 Å². The van der Waals surface area contributed by atoms with Crippen molar-refractivity contribution in [3.05, 3.63) is 59.8 Å². The molecule has 2 N–H and O–H groups in total. The first-order chi connectivity index (χ1) is 10.2.